The van der Waals surface area contributed by atoms with Crippen LogP contribution in [0.4, 0.5) is 5.82 Å². The number of nitrogens with zero attached hydrogens (tertiary/aromatic N) is 2. The van der Waals surface area contributed by atoms with E-state index in [0.717, 1.165) is 25.3 Å². The lowest BCUT2D eigenvalue weighted by atomic mass is 10.1. The third-order valence-corrected chi connectivity index (χ3v) is 3.89. The smallest absolute Gasteiger partial charge is 0.239 e. The van der Waals surface area contributed by atoms with Crippen molar-refractivity contribution in [3.05, 3.63) is 18.3 Å². The van der Waals surface area contributed by atoms with E-state index in [9.17, 15) is 8.42 Å². The van der Waals surface area contributed by atoms with Gasteiger partial charge in [0.05, 0.1) is 0 Å². The molecule has 4 N–H and O–H groups in total. The molecule has 1 aromatic heterocycles. The number of anilines is 1. The Kier molecular flexibility index (Phi) is 3.32. The van der Waals surface area contributed by atoms with Crippen LogP contribution < -0.4 is 15.8 Å². The quantitative estimate of drug-likeness (QED) is 0.760. The average molecular weight is 256 g/mol. The molecular formula is C10H16N4O2S. The molecule has 1 unspecified atom stereocenters. The molecular weight excluding hydrogens is 240 g/mol. The van der Waals surface area contributed by atoms with Gasteiger partial charge in [0.1, 0.15) is 10.7 Å². The van der Waals surface area contributed by atoms with Crippen LogP contribution in [0.2, 0.25) is 0 Å². The molecule has 94 valence electrons. The van der Waals surface area contributed by atoms with Crippen molar-refractivity contribution in [2.75, 3.05) is 24.5 Å². The van der Waals surface area contributed by atoms with Crippen molar-refractivity contribution in [3.8, 4) is 0 Å². The summed E-state index contributed by atoms with van der Waals surface area (Å²) in [4.78, 5) is 6.26. The lowest BCUT2D eigenvalue weighted by Crippen LogP contribution is -2.23. The van der Waals surface area contributed by atoms with Crippen LogP contribution in [0.5, 0.6) is 0 Å². The van der Waals surface area contributed by atoms with Gasteiger partial charge in [0.2, 0.25) is 10.0 Å². The SMILES string of the molecule is NCC1CCN(c2ccc(S(N)(=O)=O)cn2)C1. The van der Waals surface area contributed by atoms with Crippen LogP contribution in [0.3, 0.4) is 0 Å². The van der Waals surface area contributed by atoms with E-state index in [1.165, 1.54) is 12.3 Å². The number of nitrogens with two attached hydrogens (primary N) is 2. The Hall–Kier alpha value is -1.18. The van der Waals surface area contributed by atoms with Crippen molar-refractivity contribution in [2.45, 2.75) is 11.3 Å². The Bertz CT molecular complexity index is 486. The summed E-state index contributed by atoms with van der Waals surface area (Å²) in [6, 6.07) is 3.16. The van der Waals surface area contributed by atoms with Crippen LogP contribution in [0.25, 0.3) is 0 Å². The number of hydrogen-bond acceptors (Lipinski definition) is 5. The van der Waals surface area contributed by atoms with E-state index >= 15 is 0 Å². The van der Waals surface area contributed by atoms with E-state index in [2.05, 4.69) is 9.88 Å². The van der Waals surface area contributed by atoms with Crippen LogP contribution in [-0.2, 0) is 10.0 Å². The van der Waals surface area contributed by atoms with Gasteiger partial charge in [-0.2, -0.15) is 0 Å². The van der Waals surface area contributed by atoms with Gasteiger partial charge >= 0.3 is 0 Å². The summed E-state index contributed by atoms with van der Waals surface area (Å²) in [7, 11) is -3.66. The molecule has 7 heteroatoms. The maximum atomic E-state index is 11.1. The largest absolute Gasteiger partial charge is 0.356 e. The zero-order valence-corrected chi connectivity index (χ0v) is 10.2. The molecule has 0 aromatic carbocycles. The highest BCUT2D eigenvalue weighted by molar-refractivity contribution is 7.89. The second-order valence-corrected chi connectivity index (χ2v) is 5.79. The fourth-order valence-electron chi connectivity index (χ4n) is 1.96. The molecule has 0 spiro atoms. The first kappa shape index (κ1) is 12.3. The second-order valence-electron chi connectivity index (χ2n) is 4.23. The Morgan fingerprint density at radius 2 is 2.24 bits per heavy atom. The summed E-state index contributed by atoms with van der Waals surface area (Å²) in [5, 5.41) is 5.01. The molecule has 1 fully saturated rings. The maximum Gasteiger partial charge on any atom is 0.239 e. The molecule has 1 aliphatic rings. The third kappa shape index (κ3) is 2.74. The zero-order chi connectivity index (χ0) is 12.5. The van der Waals surface area contributed by atoms with Gasteiger partial charge in [-0.05, 0) is 31.0 Å². The number of aromatic nitrogens is 1. The average Bonchev–Trinajstić information content (AvgIpc) is 2.76. The van der Waals surface area contributed by atoms with Gasteiger partial charge in [0, 0.05) is 19.3 Å². The highest BCUT2D eigenvalue weighted by Crippen LogP contribution is 2.21. The lowest BCUT2D eigenvalue weighted by molar-refractivity contribution is 0.597. The fraction of sp³-hybridized carbons (Fsp3) is 0.500. The normalized spacial score (nSPS) is 20.8. The van der Waals surface area contributed by atoms with E-state index in [-0.39, 0.29) is 4.90 Å². The predicted octanol–water partition coefficient (Wildman–Crippen LogP) is -0.486. The first-order valence-corrected chi connectivity index (χ1v) is 6.99. The second kappa shape index (κ2) is 4.59. The highest BCUT2D eigenvalue weighted by Gasteiger charge is 2.22. The summed E-state index contributed by atoms with van der Waals surface area (Å²) in [6.45, 7) is 2.45. The molecule has 1 atom stereocenters. The predicted molar refractivity (Wildman–Crippen MR) is 65.0 cm³/mol. The van der Waals surface area contributed by atoms with E-state index < -0.39 is 10.0 Å². The zero-order valence-electron chi connectivity index (χ0n) is 9.41. The molecule has 1 aliphatic heterocycles. The summed E-state index contributed by atoms with van der Waals surface area (Å²) >= 11 is 0. The van der Waals surface area contributed by atoms with Crippen molar-refractivity contribution >= 4 is 15.8 Å². The van der Waals surface area contributed by atoms with Crippen molar-refractivity contribution in [3.63, 3.8) is 0 Å². The molecule has 0 saturated carbocycles. The third-order valence-electron chi connectivity index (χ3n) is 2.99. The molecule has 0 bridgehead atoms. The van der Waals surface area contributed by atoms with E-state index in [1.54, 1.807) is 6.07 Å². The van der Waals surface area contributed by atoms with E-state index in [0.29, 0.717) is 12.5 Å². The molecule has 6 nitrogen and oxygen atoms in total. The van der Waals surface area contributed by atoms with E-state index in [1.807, 2.05) is 0 Å². The summed E-state index contributed by atoms with van der Waals surface area (Å²) in [6.07, 6.45) is 2.34. The van der Waals surface area contributed by atoms with Gasteiger partial charge in [-0.15, -0.1) is 0 Å². The lowest BCUT2D eigenvalue weighted by Gasteiger charge is -2.17. The first-order chi connectivity index (χ1) is 8.00. The number of pyridine rings is 1. The Labute approximate surface area is 101 Å². The topological polar surface area (TPSA) is 102 Å². The van der Waals surface area contributed by atoms with Crippen molar-refractivity contribution in [2.24, 2.45) is 16.8 Å². The molecule has 0 radical (unpaired) electrons. The minimum Gasteiger partial charge on any atom is -0.356 e. The van der Waals surface area contributed by atoms with Gasteiger partial charge in [-0.25, -0.2) is 18.5 Å². The van der Waals surface area contributed by atoms with Gasteiger partial charge in [0.15, 0.2) is 0 Å². The number of primary sulfonamides is 1. The fourth-order valence-corrected chi connectivity index (χ4v) is 2.42. The number of sulfonamides is 1. The van der Waals surface area contributed by atoms with Crippen molar-refractivity contribution in [1.29, 1.82) is 0 Å². The van der Waals surface area contributed by atoms with Crippen molar-refractivity contribution in [1.82, 2.24) is 4.98 Å². The van der Waals surface area contributed by atoms with Gasteiger partial charge in [0.25, 0.3) is 0 Å². The van der Waals surface area contributed by atoms with Crippen LogP contribution >= 0.6 is 0 Å². The van der Waals surface area contributed by atoms with Crippen molar-refractivity contribution < 1.29 is 8.42 Å². The minimum absolute atomic E-state index is 0.0378. The van der Waals surface area contributed by atoms with Gasteiger partial charge in [-0.3, -0.25) is 0 Å². The van der Waals surface area contributed by atoms with Crippen LogP contribution in [0.15, 0.2) is 23.2 Å². The van der Waals surface area contributed by atoms with Crippen LogP contribution in [-0.4, -0.2) is 33.0 Å². The van der Waals surface area contributed by atoms with Gasteiger partial charge in [-0.1, -0.05) is 0 Å². The Morgan fingerprint density at radius 1 is 1.47 bits per heavy atom. The summed E-state index contributed by atoms with van der Waals surface area (Å²) in [5.74, 6) is 1.27. The van der Waals surface area contributed by atoms with E-state index in [4.69, 9.17) is 10.9 Å². The molecule has 2 heterocycles. The molecule has 0 amide bonds. The molecule has 17 heavy (non-hydrogen) atoms. The minimum atomic E-state index is -3.66. The number of rotatable bonds is 3. The highest BCUT2D eigenvalue weighted by atomic mass is 32.2. The summed E-state index contributed by atoms with van der Waals surface area (Å²) in [5.41, 5.74) is 5.61. The molecule has 2 rings (SSSR count). The number of hydrogen-bond donors (Lipinski definition) is 2. The monoisotopic (exact) mass is 256 g/mol. The standard InChI is InChI=1S/C10H16N4O2S/c11-5-8-3-4-14(7-8)10-2-1-9(6-13-10)17(12,15)16/h1-2,6,8H,3-5,7,11H2,(H2,12,15,16). The van der Waals surface area contributed by atoms with Gasteiger partial charge < -0.3 is 10.6 Å². The first-order valence-electron chi connectivity index (χ1n) is 5.44. The maximum absolute atomic E-state index is 11.1. The molecule has 1 saturated heterocycles. The molecule has 1 aromatic rings. The van der Waals surface area contributed by atoms with Crippen LogP contribution in [0.1, 0.15) is 6.42 Å². The molecule has 0 aliphatic carbocycles. The summed E-state index contributed by atoms with van der Waals surface area (Å²) < 4.78 is 22.1. The Balaban J connectivity index is 2.14. The Morgan fingerprint density at radius 3 is 2.71 bits per heavy atom. The van der Waals surface area contributed by atoms with Crippen LogP contribution in [0, 0.1) is 5.92 Å².